The minimum atomic E-state index is -0.296. The van der Waals surface area contributed by atoms with Crippen LogP contribution in [0.3, 0.4) is 0 Å². The first-order valence-electron chi connectivity index (χ1n) is 8.45. The van der Waals surface area contributed by atoms with Crippen LogP contribution in [0.5, 0.6) is 5.75 Å². The van der Waals surface area contributed by atoms with Crippen LogP contribution in [0, 0.1) is 0 Å². The fraction of sp³-hybridized carbons (Fsp3) is 0.0952. The van der Waals surface area contributed by atoms with E-state index < -0.39 is 0 Å². The van der Waals surface area contributed by atoms with Gasteiger partial charge in [-0.2, -0.15) is 0 Å². The summed E-state index contributed by atoms with van der Waals surface area (Å²) in [5.74, 6) is 0.849. The second-order valence-electron chi connectivity index (χ2n) is 5.99. The molecule has 0 spiro atoms. The number of hydrogen-bond donors (Lipinski definition) is 2. The van der Waals surface area contributed by atoms with Crippen molar-refractivity contribution in [1.29, 1.82) is 0 Å². The number of hydrogen-bond acceptors (Lipinski definition) is 5. The molecule has 28 heavy (non-hydrogen) atoms. The number of benzene rings is 2. The number of ether oxygens (including phenoxy) is 1. The molecule has 0 bridgehead atoms. The Kier molecular flexibility index (Phi) is 5.91. The van der Waals surface area contributed by atoms with E-state index in [2.05, 4.69) is 15.6 Å². The Hall–Kier alpha value is -3.38. The van der Waals surface area contributed by atoms with Crippen molar-refractivity contribution in [3.63, 3.8) is 0 Å². The summed E-state index contributed by atoms with van der Waals surface area (Å²) in [6.45, 7) is 1.49. The second-order valence-corrected chi connectivity index (χ2v) is 6.43. The van der Waals surface area contributed by atoms with Gasteiger partial charge < -0.3 is 15.4 Å². The molecule has 1 amide bonds. The van der Waals surface area contributed by atoms with Crippen LogP contribution in [-0.4, -0.2) is 23.8 Å². The van der Waals surface area contributed by atoms with Crippen LogP contribution in [0.1, 0.15) is 27.6 Å². The van der Waals surface area contributed by atoms with Crippen molar-refractivity contribution in [1.82, 2.24) is 4.98 Å². The molecule has 0 saturated heterocycles. The molecule has 0 aliphatic carbocycles. The summed E-state index contributed by atoms with van der Waals surface area (Å²) in [6.07, 6.45) is 1.47. The lowest BCUT2D eigenvalue weighted by atomic mass is 10.1. The number of Topliss-reactive ketones (excluding diaryl/α,β-unsaturated/α-hetero) is 1. The van der Waals surface area contributed by atoms with E-state index in [1.54, 1.807) is 61.7 Å². The molecule has 1 aromatic heterocycles. The average molecular weight is 396 g/mol. The number of ketones is 1. The van der Waals surface area contributed by atoms with Crippen molar-refractivity contribution < 1.29 is 14.3 Å². The first-order valence-corrected chi connectivity index (χ1v) is 8.83. The third kappa shape index (κ3) is 4.66. The zero-order valence-corrected chi connectivity index (χ0v) is 16.1. The molecule has 3 aromatic rings. The highest BCUT2D eigenvalue weighted by molar-refractivity contribution is 6.31. The Morgan fingerprint density at radius 2 is 1.71 bits per heavy atom. The standard InChI is InChI=1S/C21H18ClN3O3/c1-13(26)14-3-7-17(8-4-14)24-21(27)15-5-10-20(23-12-15)25-18-11-16(22)6-9-19(18)28-2/h3-12H,1-2H3,(H,23,25)(H,24,27). The summed E-state index contributed by atoms with van der Waals surface area (Å²) in [4.78, 5) is 27.9. The van der Waals surface area contributed by atoms with Crippen LogP contribution in [0.15, 0.2) is 60.8 Å². The molecule has 0 saturated carbocycles. The fourth-order valence-electron chi connectivity index (χ4n) is 2.51. The summed E-state index contributed by atoms with van der Waals surface area (Å²) in [5, 5.41) is 6.45. The molecule has 1 heterocycles. The van der Waals surface area contributed by atoms with E-state index in [-0.39, 0.29) is 11.7 Å². The van der Waals surface area contributed by atoms with Crippen molar-refractivity contribution in [2.24, 2.45) is 0 Å². The van der Waals surface area contributed by atoms with Gasteiger partial charge in [0.15, 0.2) is 5.78 Å². The van der Waals surface area contributed by atoms with Crippen molar-refractivity contribution in [2.75, 3.05) is 17.7 Å². The number of carbonyl (C=O) groups excluding carboxylic acids is 2. The topological polar surface area (TPSA) is 80.3 Å². The Bertz CT molecular complexity index is 1000. The molecule has 2 N–H and O–H groups in total. The first kappa shape index (κ1) is 19.4. The molecule has 0 aliphatic rings. The van der Waals surface area contributed by atoms with Crippen molar-refractivity contribution >= 4 is 40.5 Å². The van der Waals surface area contributed by atoms with E-state index >= 15 is 0 Å². The molecule has 142 valence electrons. The zero-order chi connectivity index (χ0) is 20.1. The van der Waals surface area contributed by atoms with E-state index in [9.17, 15) is 9.59 Å². The lowest BCUT2D eigenvalue weighted by molar-refractivity contribution is 0.101. The van der Waals surface area contributed by atoms with Crippen molar-refractivity contribution in [3.8, 4) is 5.75 Å². The number of amides is 1. The summed E-state index contributed by atoms with van der Waals surface area (Å²) in [6, 6.07) is 15.3. The van der Waals surface area contributed by atoms with Gasteiger partial charge in [0.2, 0.25) is 0 Å². The Labute approximate surface area is 167 Å². The lowest BCUT2D eigenvalue weighted by Gasteiger charge is -2.11. The van der Waals surface area contributed by atoms with E-state index in [4.69, 9.17) is 16.3 Å². The number of nitrogens with one attached hydrogen (secondary N) is 2. The van der Waals surface area contributed by atoms with Crippen LogP contribution in [0.25, 0.3) is 0 Å². The Morgan fingerprint density at radius 1 is 1.00 bits per heavy atom. The maximum absolute atomic E-state index is 12.4. The molecule has 6 nitrogen and oxygen atoms in total. The van der Waals surface area contributed by atoms with Crippen LogP contribution < -0.4 is 15.4 Å². The molecule has 2 aromatic carbocycles. The largest absolute Gasteiger partial charge is 0.495 e. The molecule has 0 atom stereocenters. The summed E-state index contributed by atoms with van der Waals surface area (Å²) >= 11 is 6.02. The molecular formula is C21H18ClN3O3. The maximum Gasteiger partial charge on any atom is 0.257 e. The predicted octanol–water partition coefficient (Wildman–Crippen LogP) is 4.94. The number of halogens is 1. The number of methoxy groups -OCH3 is 1. The summed E-state index contributed by atoms with van der Waals surface area (Å²) in [5.41, 5.74) is 2.26. The molecule has 3 rings (SSSR count). The Morgan fingerprint density at radius 3 is 2.32 bits per heavy atom. The first-order chi connectivity index (χ1) is 13.5. The van der Waals surface area contributed by atoms with E-state index in [1.807, 2.05) is 0 Å². The van der Waals surface area contributed by atoms with E-state index in [0.29, 0.717) is 39.1 Å². The van der Waals surface area contributed by atoms with Gasteiger partial charge in [0.05, 0.1) is 18.4 Å². The van der Waals surface area contributed by atoms with Gasteiger partial charge in [0.25, 0.3) is 5.91 Å². The van der Waals surface area contributed by atoms with Gasteiger partial charge in [-0.25, -0.2) is 4.98 Å². The lowest BCUT2D eigenvalue weighted by Crippen LogP contribution is -2.12. The van der Waals surface area contributed by atoms with E-state index in [0.717, 1.165) is 0 Å². The van der Waals surface area contributed by atoms with Gasteiger partial charge in [0.1, 0.15) is 11.6 Å². The van der Waals surface area contributed by atoms with Crippen LogP contribution in [0.2, 0.25) is 5.02 Å². The second kappa shape index (κ2) is 8.54. The molecular weight excluding hydrogens is 378 g/mol. The maximum atomic E-state index is 12.4. The average Bonchev–Trinajstić information content (AvgIpc) is 2.69. The molecule has 0 unspecified atom stereocenters. The highest BCUT2D eigenvalue weighted by Gasteiger charge is 2.09. The number of aromatic nitrogens is 1. The number of carbonyl (C=O) groups is 2. The van der Waals surface area contributed by atoms with Crippen molar-refractivity contribution in [2.45, 2.75) is 6.92 Å². The number of pyridine rings is 1. The van der Waals surface area contributed by atoms with Crippen LogP contribution in [0.4, 0.5) is 17.2 Å². The fourth-order valence-corrected chi connectivity index (χ4v) is 2.68. The van der Waals surface area contributed by atoms with Gasteiger partial charge in [-0.15, -0.1) is 0 Å². The third-order valence-corrected chi connectivity index (χ3v) is 4.23. The molecule has 0 fully saturated rings. The number of nitrogens with zero attached hydrogens (tertiary/aromatic N) is 1. The molecule has 0 radical (unpaired) electrons. The highest BCUT2D eigenvalue weighted by Crippen LogP contribution is 2.29. The minimum absolute atomic E-state index is 0.0264. The monoisotopic (exact) mass is 395 g/mol. The zero-order valence-electron chi connectivity index (χ0n) is 15.3. The van der Waals surface area contributed by atoms with E-state index in [1.165, 1.54) is 13.1 Å². The quantitative estimate of drug-likeness (QED) is 0.577. The molecule has 0 aliphatic heterocycles. The third-order valence-electron chi connectivity index (χ3n) is 4.00. The van der Waals surface area contributed by atoms with Gasteiger partial charge in [0, 0.05) is 22.5 Å². The van der Waals surface area contributed by atoms with Gasteiger partial charge in [-0.1, -0.05) is 11.6 Å². The van der Waals surface area contributed by atoms with Crippen LogP contribution >= 0.6 is 11.6 Å². The van der Waals surface area contributed by atoms with Gasteiger partial charge in [-0.05, 0) is 61.5 Å². The van der Waals surface area contributed by atoms with Crippen molar-refractivity contribution in [3.05, 3.63) is 76.9 Å². The van der Waals surface area contributed by atoms with Gasteiger partial charge in [-0.3, -0.25) is 9.59 Å². The SMILES string of the molecule is COc1ccc(Cl)cc1Nc1ccc(C(=O)Nc2ccc(C(C)=O)cc2)cn1. The number of anilines is 3. The molecule has 7 heteroatoms. The smallest absolute Gasteiger partial charge is 0.257 e. The predicted molar refractivity (Wildman–Crippen MR) is 110 cm³/mol. The summed E-state index contributed by atoms with van der Waals surface area (Å²) in [7, 11) is 1.57. The minimum Gasteiger partial charge on any atom is -0.495 e. The number of rotatable bonds is 6. The van der Waals surface area contributed by atoms with Crippen LogP contribution in [-0.2, 0) is 0 Å². The normalized spacial score (nSPS) is 10.2. The van der Waals surface area contributed by atoms with Gasteiger partial charge >= 0.3 is 0 Å². The summed E-state index contributed by atoms with van der Waals surface area (Å²) < 4.78 is 5.29. The Balaban J connectivity index is 1.69. The highest BCUT2D eigenvalue weighted by atomic mass is 35.5.